The van der Waals surface area contributed by atoms with Crippen molar-refractivity contribution >= 4 is 27.5 Å². The molecule has 2 unspecified atom stereocenters. The number of nitrogens with two attached hydrogens (primary N) is 1. The first-order valence-corrected chi connectivity index (χ1v) is 7.33. The molecule has 3 nitrogen and oxygen atoms in total. The number of anilines is 1. The van der Waals surface area contributed by atoms with Gasteiger partial charge >= 0.3 is 0 Å². The zero-order valence-corrected chi connectivity index (χ0v) is 11.9. The largest absolute Gasteiger partial charge is 0.384 e. The lowest BCUT2D eigenvalue weighted by Gasteiger charge is -2.22. The first-order valence-electron chi connectivity index (χ1n) is 6.54. The Balaban J connectivity index is 1.92. The predicted octanol–water partition coefficient (Wildman–Crippen LogP) is 2.97. The summed E-state index contributed by atoms with van der Waals surface area (Å²) >= 11 is 3.52. The molecule has 2 atom stereocenters. The van der Waals surface area contributed by atoms with Gasteiger partial charge in [-0.3, -0.25) is 5.41 Å². The van der Waals surface area contributed by atoms with E-state index in [0.717, 1.165) is 40.6 Å². The lowest BCUT2D eigenvalue weighted by Crippen LogP contribution is -2.25. The highest BCUT2D eigenvalue weighted by Crippen LogP contribution is 2.40. The maximum Gasteiger partial charge on any atom is 0.124 e. The molecule has 0 bridgehead atoms. The van der Waals surface area contributed by atoms with Gasteiger partial charge < -0.3 is 10.6 Å². The van der Waals surface area contributed by atoms with Gasteiger partial charge in [0.2, 0.25) is 0 Å². The van der Waals surface area contributed by atoms with Crippen LogP contribution in [0.15, 0.2) is 22.7 Å². The van der Waals surface area contributed by atoms with Crippen LogP contribution in [-0.2, 0) is 0 Å². The molecule has 0 spiro atoms. The number of hydrogen-bond acceptors (Lipinski definition) is 2. The molecule has 1 saturated carbocycles. The topological polar surface area (TPSA) is 53.1 Å². The van der Waals surface area contributed by atoms with Gasteiger partial charge in [-0.25, -0.2) is 0 Å². The molecule has 2 aliphatic rings. The Hall–Kier alpha value is -1.03. The molecule has 1 saturated heterocycles. The monoisotopic (exact) mass is 307 g/mol. The lowest BCUT2D eigenvalue weighted by atomic mass is 10.0. The number of rotatable bonds is 2. The third-order valence-corrected chi connectivity index (χ3v) is 4.81. The molecule has 1 heterocycles. The molecular formula is C14H18BrN3. The average Bonchev–Trinajstić information content (AvgIpc) is 2.88. The highest BCUT2D eigenvalue weighted by molar-refractivity contribution is 9.10. The minimum Gasteiger partial charge on any atom is -0.384 e. The highest BCUT2D eigenvalue weighted by atomic mass is 79.9. The second-order valence-electron chi connectivity index (χ2n) is 5.43. The molecule has 3 rings (SSSR count). The van der Waals surface area contributed by atoms with Gasteiger partial charge in [-0.1, -0.05) is 22.4 Å². The van der Waals surface area contributed by atoms with E-state index in [2.05, 4.69) is 26.9 Å². The van der Waals surface area contributed by atoms with Crippen molar-refractivity contribution in [3.8, 4) is 0 Å². The van der Waals surface area contributed by atoms with Crippen molar-refractivity contribution in [2.24, 2.45) is 17.6 Å². The molecule has 2 fully saturated rings. The Kier molecular flexibility index (Phi) is 3.06. The van der Waals surface area contributed by atoms with Gasteiger partial charge in [0.05, 0.1) is 0 Å². The molecule has 0 aromatic heterocycles. The van der Waals surface area contributed by atoms with Crippen molar-refractivity contribution in [3.63, 3.8) is 0 Å². The molecule has 0 radical (unpaired) electrons. The van der Waals surface area contributed by atoms with Crippen molar-refractivity contribution in [2.45, 2.75) is 19.3 Å². The Morgan fingerprint density at radius 1 is 1.28 bits per heavy atom. The molecule has 1 aromatic carbocycles. The van der Waals surface area contributed by atoms with Gasteiger partial charge in [0.1, 0.15) is 5.84 Å². The quantitative estimate of drug-likeness (QED) is 0.652. The Morgan fingerprint density at radius 3 is 2.56 bits per heavy atom. The number of nitrogens with one attached hydrogen (secondary N) is 1. The fourth-order valence-corrected chi connectivity index (χ4v) is 3.77. The SMILES string of the molecule is N=C(N)c1ccc(Br)cc1N1CC2CCCC2C1. The second kappa shape index (κ2) is 4.57. The average molecular weight is 308 g/mol. The van der Waals surface area contributed by atoms with Crippen molar-refractivity contribution < 1.29 is 0 Å². The predicted molar refractivity (Wildman–Crippen MR) is 78.2 cm³/mol. The van der Waals surface area contributed by atoms with Crippen LogP contribution < -0.4 is 10.6 Å². The van der Waals surface area contributed by atoms with Crippen molar-refractivity contribution in [1.82, 2.24) is 0 Å². The summed E-state index contributed by atoms with van der Waals surface area (Å²) in [5.41, 5.74) is 7.67. The van der Waals surface area contributed by atoms with E-state index in [9.17, 15) is 0 Å². The zero-order valence-electron chi connectivity index (χ0n) is 10.3. The number of nitrogens with zero attached hydrogens (tertiary/aromatic N) is 1. The van der Waals surface area contributed by atoms with Crippen LogP contribution in [0.1, 0.15) is 24.8 Å². The van der Waals surface area contributed by atoms with E-state index in [1.165, 1.54) is 19.3 Å². The second-order valence-corrected chi connectivity index (χ2v) is 6.35. The Morgan fingerprint density at radius 2 is 1.94 bits per heavy atom. The molecule has 0 amide bonds. The Labute approximate surface area is 116 Å². The molecule has 1 aromatic rings. The highest BCUT2D eigenvalue weighted by Gasteiger charge is 2.36. The van der Waals surface area contributed by atoms with Crippen LogP contribution in [0.25, 0.3) is 0 Å². The van der Waals surface area contributed by atoms with Crippen LogP contribution in [0, 0.1) is 17.2 Å². The summed E-state index contributed by atoms with van der Waals surface area (Å²) in [7, 11) is 0. The van der Waals surface area contributed by atoms with Gasteiger partial charge in [0.15, 0.2) is 0 Å². The van der Waals surface area contributed by atoms with Gasteiger partial charge in [0, 0.05) is 28.8 Å². The number of benzene rings is 1. The van der Waals surface area contributed by atoms with Gasteiger partial charge in [0.25, 0.3) is 0 Å². The van der Waals surface area contributed by atoms with E-state index >= 15 is 0 Å². The smallest absolute Gasteiger partial charge is 0.124 e. The number of fused-ring (bicyclic) bond motifs is 1. The zero-order chi connectivity index (χ0) is 12.7. The minimum absolute atomic E-state index is 0.162. The maximum atomic E-state index is 7.71. The van der Waals surface area contributed by atoms with Gasteiger partial charge in [-0.15, -0.1) is 0 Å². The molecular weight excluding hydrogens is 290 g/mol. The van der Waals surface area contributed by atoms with Gasteiger partial charge in [-0.05, 0) is 42.9 Å². The molecule has 3 N–H and O–H groups in total. The van der Waals surface area contributed by atoms with E-state index in [1.54, 1.807) is 0 Å². The van der Waals surface area contributed by atoms with Crippen LogP contribution in [0.5, 0.6) is 0 Å². The van der Waals surface area contributed by atoms with E-state index in [1.807, 2.05) is 12.1 Å². The molecule has 1 aliphatic heterocycles. The summed E-state index contributed by atoms with van der Waals surface area (Å²) in [4.78, 5) is 2.41. The first kappa shape index (κ1) is 12.0. The first-order chi connectivity index (χ1) is 8.65. The summed E-state index contributed by atoms with van der Waals surface area (Å²) in [5.74, 6) is 1.86. The summed E-state index contributed by atoms with van der Waals surface area (Å²) in [6, 6.07) is 5.99. The minimum atomic E-state index is 0.162. The number of hydrogen-bond donors (Lipinski definition) is 2. The summed E-state index contributed by atoms with van der Waals surface area (Å²) < 4.78 is 1.06. The van der Waals surface area contributed by atoms with Crippen LogP contribution in [-0.4, -0.2) is 18.9 Å². The molecule has 1 aliphatic carbocycles. The van der Waals surface area contributed by atoms with Crippen molar-refractivity contribution in [2.75, 3.05) is 18.0 Å². The number of amidine groups is 1. The molecule has 4 heteroatoms. The Bertz CT molecular complexity index is 474. The van der Waals surface area contributed by atoms with Gasteiger partial charge in [-0.2, -0.15) is 0 Å². The fraction of sp³-hybridized carbons (Fsp3) is 0.500. The summed E-state index contributed by atoms with van der Waals surface area (Å²) in [5, 5.41) is 7.71. The van der Waals surface area contributed by atoms with Crippen molar-refractivity contribution in [3.05, 3.63) is 28.2 Å². The van der Waals surface area contributed by atoms with Crippen LogP contribution >= 0.6 is 15.9 Å². The van der Waals surface area contributed by atoms with Crippen LogP contribution in [0.3, 0.4) is 0 Å². The molecule has 18 heavy (non-hydrogen) atoms. The van der Waals surface area contributed by atoms with E-state index in [4.69, 9.17) is 11.1 Å². The third kappa shape index (κ3) is 2.03. The fourth-order valence-electron chi connectivity index (χ4n) is 3.43. The van der Waals surface area contributed by atoms with Crippen molar-refractivity contribution in [1.29, 1.82) is 5.41 Å². The van der Waals surface area contributed by atoms with Crippen LogP contribution in [0.4, 0.5) is 5.69 Å². The maximum absolute atomic E-state index is 7.71. The number of halogens is 1. The molecule has 96 valence electrons. The third-order valence-electron chi connectivity index (χ3n) is 4.32. The standard InChI is InChI=1S/C14H18BrN3/c15-11-4-5-12(14(16)17)13(6-11)18-7-9-2-1-3-10(9)8-18/h4-6,9-10H,1-3,7-8H2,(H3,16,17). The number of nitrogen functional groups attached to an aromatic ring is 1. The van der Waals surface area contributed by atoms with E-state index in [-0.39, 0.29) is 5.84 Å². The normalized spacial score (nSPS) is 26.4. The van der Waals surface area contributed by atoms with Crippen LogP contribution in [0.2, 0.25) is 0 Å². The lowest BCUT2D eigenvalue weighted by molar-refractivity contribution is 0.494. The summed E-state index contributed by atoms with van der Waals surface area (Å²) in [6.45, 7) is 2.25. The van der Waals surface area contributed by atoms with E-state index in [0.29, 0.717) is 0 Å². The van der Waals surface area contributed by atoms with E-state index < -0.39 is 0 Å². The summed E-state index contributed by atoms with van der Waals surface area (Å²) in [6.07, 6.45) is 4.12.